The third-order valence-corrected chi connectivity index (χ3v) is 19.2. The monoisotopic (exact) mass is 1130 g/mol. The number of aliphatic hydroxyl groups excluding tert-OH is 17. The van der Waals surface area contributed by atoms with Gasteiger partial charge in [0, 0.05) is 0 Å². The van der Waals surface area contributed by atoms with Crippen LogP contribution in [0.3, 0.4) is 0 Å². The number of hydrogen-bond acceptors (Lipinski definition) is 28. The summed E-state index contributed by atoms with van der Waals surface area (Å²) in [6.45, 7) is 4.47. The van der Waals surface area contributed by atoms with Gasteiger partial charge < -0.3 is 134 Å². The maximum Gasteiger partial charge on any atom is 0.314 e. The highest BCUT2D eigenvalue weighted by atomic mass is 16.8. The van der Waals surface area contributed by atoms with Gasteiger partial charge in [-0.2, -0.15) is 0 Å². The molecule has 4 saturated carbocycles. The van der Waals surface area contributed by atoms with Crippen molar-refractivity contribution in [2.45, 2.75) is 231 Å². The second kappa shape index (κ2) is 23.3. The quantitative estimate of drug-likeness (QED) is 0.0411. The van der Waals surface area contributed by atoms with E-state index in [1.807, 2.05) is 6.92 Å². The first-order valence-electron chi connectivity index (χ1n) is 26.9. The lowest BCUT2D eigenvalue weighted by molar-refractivity contribution is -0.403. The van der Waals surface area contributed by atoms with Crippen molar-refractivity contribution in [1.82, 2.24) is 0 Å². The van der Waals surface area contributed by atoms with Gasteiger partial charge in [0.2, 0.25) is 6.29 Å². The van der Waals surface area contributed by atoms with Crippen molar-refractivity contribution >= 4 is 5.97 Å². The van der Waals surface area contributed by atoms with Gasteiger partial charge in [-0.1, -0.05) is 19.9 Å². The highest BCUT2D eigenvalue weighted by Crippen LogP contribution is 2.74. The highest BCUT2D eigenvalue weighted by molar-refractivity contribution is 5.77. The summed E-state index contributed by atoms with van der Waals surface area (Å²) in [5, 5.41) is 181. The molecular formula is C50H80O28. The van der Waals surface area contributed by atoms with E-state index in [1.54, 1.807) is 0 Å². The molecule has 9 rings (SSSR count). The van der Waals surface area contributed by atoms with E-state index in [2.05, 4.69) is 13.5 Å². The van der Waals surface area contributed by atoms with E-state index in [0.717, 1.165) is 6.42 Å². The van der Waals surface area contributed by atoms with E-state index >= 15 is 0 Å². The zero-order valence-electron chi connectivity index (χ0n) is 43.3. The molecule has 17 N–H and O–H groups in total. The molecule has 0 radical (unpaired) electrons. The summed E-state index contributed by atoms with van der Waals surface area (Å²) in [6, 6.07) is 0. The molecule has 0 aromatic heterocycles. The average Bonchev–Trinajstić information content (AvgIpc) is 3.88. The fourth-order valence-corrected chi connectivity index (χ4v) is 14.9. The Morgan fingerprint density at radius 3 is 1.49 bits per heavy atom. The zero-order chi connectivity index (χ0) is 56.7. The predicted octanol–water partition coefficient (Wildman–Crippen LogP) is -7.29. The number of esters is 1. The van der Waals surface area contributed by atoms with Crippen LogP contribution in [0.2, 0.25) is 0 Å². The summed E-state index contributed by atoms with van der Waals surface area (Å²) >= 11 is 0. The smallest absolute Gasteiger partial charge is 0.314 e. The standard InChI is InChI=1S/C50H80O28/c1-18-11-49-9-5-24-47(2,7-4-8-48(24,3)46(68)77-44-38(67)34(63)29(58)22(15-54)73-44)25(49)6-10-50(18,17-49)78-45-40(76-43-37(66)33(62)28(57)21(14-53)72-43)39(75-42-36(65)32(61)27(56)20(13-52)71-42)30(59)23(74-45)16-69-41-35(64)31(60)26(55)19(12-51)70-41/h19-45,51-67H,1,4-17H2,2-3H3/t19?,20?,21?,22?,23?,24-,25-,26+,27+,28+,29+,30+,31-,32-,33-,34-,35?,36?,37?,38?,39-,40?,41+,42-,43-,44-,45-,47+,48+,49+,50-/m0/s1. The molecule has 0 aromatic carbocycles. The second-order valence-electron chi connectivity index (χ2n) is 23.7. The molecule has 4 aliphatic carbocycles. The van der Waals surface area contributed by atoms with Crippen molar-refractivity contribution in [3.8, 4) is 0 Å². The number of aliphatic hydroxyl groups is 17. The van der Waals surface area contributed by atoms with Crippen molar-refractivity contribution in [3.05, 3.63) is 12.2 Å². The topological polar surface area (TPSA) is 453 Å². The zero-order valence-corrected chi connectivity index (χ0v) is 43.3. The molecule has 5 aliphatic heterocycles. The number of rotatable bonds is 15. The molecule has 78 heavy (non-hydrogen) atoms. The van der Waals surface area contributed by atoms with E-state index in [-0.39, 0.29) is 18.3 Å². The van der Waals surface area contributed by atoms with Gasteiger partial charge in [0.15, 0.2) is 25.2 Å². The van der Waals surface area contributed by atoms with Gasteiger partial charge in [0.05, 0.1) is 44.1 Å². The van der Waals surface area contributed by atoms with Gasteiger partial charge in [-0.25, -0.2) is 0 Å². The fourth-order valence-electron chi connectivity index (χ4n) is 14.9. The summed E-state index contributed by atoms with van der Waals surface area (Å²) < 4.78 is 60.5. The summed E-state index contributed by atoms with van der Waals surface area (Å²) in [6.07, 6.45) is -40.4. The minimum absolute atomic E-state index is 0.0587. The van der Waals surface area contributed by atoms with Gasteiger partial charge in [-0.15, -0.1) is 0 Å². The summed E-state index contributed by atoms with van der Waals surface area (Å²) in [7, 11) is 0. The minimum Gasteiger partial charge on any atom is -0.432 e. The Bertz CT molecular complexity index is 2070. The number of fused-ring (bicyclic) bond motifs is 3. The van der Waals surface area contributed by atoms with Crippen molar-refractivity contribution in [3.63, 3.8) is 0 Å². The lowest BCUT2D eigenvalue weighted by atomic mass is 9.41. The van der Waals surface area contributed by atoms with E-state index in [0.29, 0.717) is 50.5 Å². The molecule has 0 amide bonds. The third kappa shape index (κ3) is 10.4. The molecule has 448 valence electrons. The van der Waals surface area contributed by atoms with Crippen LogP contribution in [0.5, 0.6) is 0 Å². The van der Waals surface area contributed by atoms with Crippen molar-refractivity contribution in [2.75, 3.05) is 33.0 Å². The molecule has 9 fully saturated rings. The lowest BCUT2D eigenvalue weighted by Crippen LogP contribution is -2.68. The van der Waals surface area contributed by atoms with E-state index in [1.165, 1.54) is 0 Å². The van der Waals surface area contributed by atoms with Gasteiger partial charge in [-0.3, -0.25) is 4.79 Å². The molecular weight excluding hydrogens is 1050 g/mol. The number of ether oxygens (including phenoxy) is 10. The number of hydrogen-bond donors (Lipinski definition) is 17. The second-order valence-corrected chi connectivity index (χ2v) is 23.7. The molecule has 5 heterocycles. The maximum atomic E-state index is 14.4. The molecule has 31 atom stereocenters. The Labute approximate surface area is 448 Å². The van der Waals surface area contributed by atoms with Gasteiger partial charge in [0.25, 0.3) is 0 Å². The number of carbonyl (C=O) groups excluding carboxylic acids is 1. The van der Waals surface area contributed by atoms with Crippen LogP contribution >= 0.6 is 0 Å². The Kier molecular flexibility index (Phi) is 18.2. The largest absolute Gasteiger partial charge is 0.432 e. The number of carbonyl (C=O) groups is 1. The van der Waals surface area contributed by atoms with E-state index in [4.69, 9.17) is 47.4 Å². The predicted molar refractivity (Wildman–Crippen MR) is 252 cm³/mol. The molecule has 9 aliphatic rings. The Morgan fingerprint density at radius 1 is 0.513 bits per heavy atom. The van der Waals surface area contributed by atoms with Gasteiger partial charge in [-0.05, 0) is 86.5 Å². The fraction of sp³-hybridized carbons (Fsp3) is 0.940. The lowest BCUT2D eigenvalue weighted by Gasteiger charge is -2.64. The molecule has 2 bridgehead atoms. The average molecular weight is 1130 g/mol. The maximum absolute atomic E-state index is 14.4. The van der Waals surface area contributed by atoms with Gasteiger partial charge >= 0.3 is 5.97 Å². The summed E-state index contributed by atoms with van der Waals surface area (Å²) in [5.74, 6) is -0.995. The first-order chi connectivity index (χ1) is 36.8. The molecule has 28 heteroatoms. The first-order valence-corrected chi connectivity index (χ1v) is 26.9. The van der Waals surface area contributed by atoms with Crippen molar-refractivity contribution < 1.29 is 139 Å². The Morgan fingerprint density at radius 2 is 0.962 bits per heavy atom. The Hall–Kier alpha value is -1.83. The van der Waals surface area contributed by atoms with Crippen molar-refractivity contribution in [1.29, 1.82) is 0 Å². The van der Waals surface area contributed by atoms with Crippen LogP contribution in [0.25, 0.3) is 0 Å². The van der Waals surface area contributed by atoms with Crippen LogP contribution in [0.1, 0.15) is 71.6 Å². The van der Waals surface area contributed by atoms with Crippen LogP contribution in [-0.4, -0.2) is 285 Å². The molecule has 1 spiro atoms. The van der Waals surface area contributed by atoms with Crippen LogP contribution in [-0.2, 0) is 52.2 Å². The van der Waals surface area contributed by atoms with Crippen molar-refractivity contribution in [2.24, 2.45) is 28.1 Å². The van der Waals surface area contributed by atoms with Crippen LogP contribution in [0, 0.1) is 28.1 Å². The van der Waals surface area contributed by atoms with Crippen LogP contribution in [0.15, 0.2) is 12.2 Å². The third-order valence-electron chi connectivity index (χ3n) is 19.2. The minimum atomic E-state index is -2.06. The highest BCUT2D eigenvalue weighted by Gasteiger charge is 2.70. The summed E-state index contributed by atoms with van der Waals surface area (Å²) in [5.41, 5.74) is -2.79. The SMILES string of the molecule is C=C1C[C@@]23CC[C@H]4[C@@](C)(CCC[C@@]4(C)C(=O)O[C@@H]4OC(CO)[C@@H](O)[C@H](O)C4O)[C@@H]2CC[C@]1(O[C@@H]1OC(CO[C@@H]2OC(CO)[C@@H](O)[C@H](O)C2O)[C@@H](O)[C@H](O[C@@H]2OC(CO)[C@@H](O)[C@H](O)C2O)C1O[C@@H]1OC(CO)[C@@H](O)[C@H](O)C1O)C3. The van der Waals surface area contributed by atoms with Gasteiger partial charge in [0.1, 0.15) is 122 Å². The molecule has 10 unspecified atom stereocenters. The molecule has 0 aromatic rings. The van der Waals surface area contributed by atoms with Crippen LogP contribution < -0.4 is 0 Å². The molecule has 5 saturated heterocycles. The molecule has 28 nitrogen and oxygen atoms in total. The van der Waals surface area contributed by atoms with E-state index < -0.39 is 214 Å². The summed E-state index contributed by atoms with van der Waals surface area (Å²) in [4.78, 5) is 14.4. The normalized spacial score (nSPS) is 54.5. The van der Waals surface area contributed by atoms with E-state index in [9.17, 15) is 91.6 Å². The van der Waals surface area contributed by atoms with Crippen LogP contribution in [0.4, 0.5) is 0 Å². The first kappa shape index (κ1) is 60.8. The Balaban J connectivity index is 1.03.